The Bertz CT molecular complexity index is 355. The van der Waals surface area contributed by atoms with Gasteiger partial charge in [-0.05, 0) is 38.0 Å². The highest BCUT2D eigenvalue weighted by molar-refractivity contribution is 5.27. The molecule has 2 heteroatoms. The van der Waals surface area contributed by atoms with Gasteiger partial charge in [-0.25, -0.2) is 0 Å². The van der Waals surface area contributed by atoms with Crippen molar-refractivity contribution < 1.29 is 9.84 Å². The van der Waals surface area contributed by atoms with Crippen molar-refractivity contribution in [1.29, 1.82) is 0 Å². The minimum Gasteiger partial charge on any atom is -0.493 e. The van der Waals surface area contributed by atoms with Crippen LogP contribution in [0.1, 0.15) is 25.8 Å². The van der Waals surface area contributed by atoms with Gasteiger partial charge < -0.3 is 9.84 Å². The van der Waals surface area contributed by atoms with E-state index in [4.69, 9.17) is 4.74 Å². The van der Waals surface area contributed by atoms with Crippen LogP contribution in [-0.2, 0) is 6.42 Å². The van der Waals surface area contributed by atoms with E-state index in [9.17, 15) is 5.11 Å². The van der Waals surface area contributed by atoms with Gasteiger partial charge in [-0.2, -0.15) is 0 Å². The van der Waals surface area contributed by atoms with Crippen LogP contribution in [0.4, 0.5) is 0 Å². The van der Waals surface area contributed by atoms with Gasteiger partial charge in [0.2, 0.25) is 0 Å². The summed E-state index contributed by atoms with van der Waals surface area (Å²) in [6, 6.07) is 7.81. The van der Waals surface area contributed by atoms with Gasteiger partial charge in [-0.1, -0.05) is 12.1 Å². The molecule has 2 nitrogen and oxygen atoms in total. The van der Waals surface area contributed by atoms with Crippen LogP contribution in [-0.4, -0.2) is 17.8 Å². The maximum Gasteiger partial charge on any atom is 0.119 e. The Hall–Kier alpha value is -1.46. The standard InChI is InChI=1S/C14H18O2/c1-3-4-5-10-16-14-8-6-13(7-9-14)11-12(2)15/h6-9,12,15H,5,10-11H2,1-2H3. The lowest BCUT2D eigenvalue weighted by Gasteiger charge is -2.07. The van der Waals surface area contributed by atoms with E-state index < -0.39 is 0 Å². The first-order valence-corrected chi connectivity index (χ1v) is 5.52. The topological polar surface area (TPSA) is 29.5 Å². The fourth-order valence-corrected chi connectivity index (χ4v) is 1.41. The number of benzene rings is 1. The first-order valence-electron chi connectivity index (χ1n) is 5.52. The Morgan fingerprint density at radius 2 is 2.00 bits per heavy atom. The molecule has 0 amide bonds. The molecular weight excluding hydrogens is 200 g/mol. The third kappa shape index (κ3) is 4.86. The lowest BCUT2D eigenvalue weighted by molar-refractivity contribution is 0.195. The molecule has 1 N–H and O–H groups in total. The average Bonchev–Trinajstić information content (AvgIpc) is 2.26. The van der Waals surface area contributed by atoms with Gasteiger partial charge in [0.25, 0.3) is 0 Å². The van der Waals surface area contributed by atoms with E-state index >= 15 is 0 Å². The summed E-state index contributed by atoms with van der Waals surface area (Å²) in [6.45, 7) is 4.23. The van der Waals surface area contributed by atoms with Crippen molar-refractivity contribution in [1.82, 2.24) is 0 Å². The van der Waals surface area contributed by atoms with Crippen molar-refractivity contribution in [2.45, 2.75) is 32.8 Å². The van der Waals surface area contributed by atoms with E-state index in [1.165, 1.54) is 0 Å². The van der Waals surface area contributed by atoms with Crippen LogP contribution in [0.25, 0.3) is 0 Å². The van der Waals surface area contributed by atoms with Gasteiger partial charge in [-0.15, -0.1) is 11.8 Å². The Kier molecular flexibility index (Phi) is 5.45. The largest absolute Gasteiger partial charge is 0.493 e. The fraction of sp³-hybridized carbons (Fsp3) is 0.429. The van der Waals surface area contributed by atoms with Crippen LogP contribution < -0.4 is 4.74 Å². The smallest absolute Gasteiger partial charge is 0.119 e. The molecule has 0 radical (unpaired) electrons. The van der Waals surface area contributed by atoms with Gasteiger partial charge >= 0.3 is 0 Å². The molecule has 0 aliphatic carbocycles. The van der Waals surface area contributed by atoms with E-state index in [-0.39, 0.29) is 6.10 Å². The molecule has 0 spiro atoms. The maximum atomic E-state index is 9.23. The molecule has 1 atom stereocenters. The first-order chi connectivity index (χ1) is 7.72. The molecule has 1 unspecified atom stereocenters. The molecule has 0 bridgehead atoms. The Balaban J connectivity index is 2.41. The summed E-state index contributed by atoms with van der Waals surface area (Å²) in [6.07, 6.45) is 1.14. The lowest BCUT2D eigenvalue weighted by Crippen LogP contribution is -2.04. The molecule has 1 aromatic carbocycles. The number of hydrogen-bond donors (Lipinski definition) is 1. The molecule has 0 saturated heterocycles. The van der Waals surface area contributed by atoms with Crippen LogP contribution in [0, 0.1) is 11.8 Å². The van der Waals surface area contributed by atoms with Gasteiger partial charge in [0, 0.05) is 6.42 Å². The van der Waals surface area contributed by atoms with Crippen LogP contribution in [0.15, 0.2) is 24.3 Å². The summed E-state index contributed by atoms with van der Waals surface area (Å²) in [5.74, 6) is 6.63. The zero-order valence-electron chi connectivity index (χ0n) is 9.86. The minimum absolute atomic E-state index is 0.299. The predicted molar refractivity (Wildman–Crippen MR) is 65.4 cm³/mol. The zero-order chi connectivity index (χ0) is 11.8. The Labute approximate surface area is 97.3 Å². The van der Waals surface area contributed by atoms with Crippen LogP contribution in [0.2, 0.25) is 0 Å². The monoisotopic (exact) mass is 218 g/mol. The third-order valence-corrected chi connectivity index (χ3v) is 2.13. The van der Waals surface area contributed by atoms with Gasteiger partial charge in [0.1, 0.15) is 5.75 Å². The van der Waals surface area contributed by atoms with Crippen LogP contribution >= 0.6 is 0 Å². The van der Waals surface area contributed by atoms with Crippen molar-refractivity contribution in [3.8, 4) is 17.6 Å². The summed E-state index contributed by atoms with van der Waals surface area (Å²) in [5, 5.41) is 9.23. The molecule has 0 aliphatic heterocycles. The van der Waals surface area contributed by atoms with E-state index in [0.29, 0.717) is 13.0 Å². The molecule has 0 fully saturated rings. The number of hydrogen-bond acceptors (Lipinski definition) is 2. The second kappa shape index (κ2) is 6.92. The second-order valence-corrected chi connectivity index (χ2v) is 3.72. The normalized spacial score (nSPS) is 11.4. The summed E-state index contributed by atoms with van der Waals surface area (Å²) < 4.78 is 5.50. The van der Waals surface area contributed by atoms with Gasteiger partial charge in [0.05, 0.1) is 12.7 Å². The zero-order valence-corrected chi connectivity index (χ0v) is 9.86. The average molecular weight is 218 g/mol. The van der Waals surface area contributed by atoms with E-state index in [1.54, 1.807) is 6.92 Å². The molecule has 0 saturated carbocycles. The Morgan fingerprint density at radius 3 is 2.56 bits per heavy atom. The maximum absolute atomic E-state index is 9.23. The Morgan fingerprint density at radius 1 is 1.31 bits per heavy atom. The lowest BCUT2D eigenvalue weighted by atomic mass is 10.1. The van der Waals surface area contributed by atoms with Crippen molar-refractivity contribution in [3.63, 3.8) is 0 Å². The number of rotatable bonds is 5. The second-order valence-electron chi connectivity index (χ2n) is 3.72. The molecule has 16 heavy (non-hydrogen) atoms. The van der Waals surface area contributed by atoms with E-state index in [1.807, 2.05) is 31.2 Å². The van der Waals surface area contributed by atoms with Gasteiger partial charge in [-0.3, -0.25) is 0 Å². The third-order valence-electron chi connectivity index (χ3n) is 2.13. The molecule has 0 aromatic heterocycles. The van der Waals surface area contributed by atoms with Crippen molar-refractivity contribution >= 4 is 0 Å². The van der Waals surface area contributed by atoms with Crippen molar-refractivity contribution in [2.24, 2.45) is 0 Å². The molecule has 0 heterocycles. The summed E-state index contributed by atoms with van der Waals surface area (Å²) >= 11 is 0. The predicted octanol–water partition coefficient (Wildman–Crippen LogP) is 2.40. The summed E-state index contributed by atoms with van der Waals surface area (Å²) in [7, 11) is 0. The van der Waals surface area contributed by atoms with Crippen molar-refractivity contribution in [2.75, 3.05) is 6.61 Å². The number of ether oxygens (including phenoxy) is 1. The highest BCUT2D eigenvalue weighted by Gasteiger charge is 1.99. The number of aliphatic hydroxyl groups is 1. The van der Waals surface area contributed by atoms with Crippen LogP contribution in [0.5, 0.6) is 5.75 Å². The SMILES string of the molecule is CC#CCCOc1ccc(CC(C)O)cc1. The van der Waals surface area contributed by atoms with Gasteiger partial charge in [0.15, 0.2) is 0 Å². The highest BCUT2D eigenvalue weighted by Crippen LogP contribution is 2.13. The fourth-order valence-electron chi connectivity index (χ4n) is 1.41. The molecule has 0 aliphatic rings. The molecule has 1 aromatic rings. The quantitative estimate of drug-likeness (QED) is 0.607. The highest BCUT2D eigenvalue weighted by atomic mass is 16.5. The van der Waals surface area contributed by atoms with Crippen molar-refractivity contribution in [3.05, 3.63) is 29.8 Å². The molecule has 1 rings (SSSR count). The van der Waals surface area contributed by atoms with E-state index in [2.05, 4.69) is 11.8 Å². The summed E-state index contributed by atoms with van der Waals surface area (Å²) in [4.78, 5) is 0. The van der Waals surface area contributed by atoms with E-state index in [0.717, 1.165) is 17.7 Å². The number of aliphatic hydroxyl groups excluding tert-OH is 1. The van der Waals surface area contributed by atoms with Crippen LogP contribution in [0.3, 0.4) is 0 Å². The molecular formula is C14H18O2. The minimum atomic E-state index is -0.299. The first kappa shape index (κ1) is 12.6. The summed E-state index contributed by atoms with van der Waals surface area (Å²) in [5.41, 5.74) is 1.12. The molecule has 86 valence electrons.